The number of rotatable bonds is 11. The molecule has 0 aliphatic carbocycles. The van der Waals surface area contributed by atoms with Gasteiger partial charge in [-0.1, -0.05) is 0 Å². The number of benzene rings is 2. The number of anilines is 1. The van der Waals surface area contributed by atoms with Gasteiger partial charge in [0, 0.05) is 54.6 Å². The van der Waals surface area contributed by atoms with E-state index in [0.717, 1.165) is 15.7 Å². The zero-order valence-electron chi connectivity index (χ0n) is 31.5. The van der Waals surface area contributed by atoms with E-state index in [1.165, 1.54) is 24.3 Å². The molecule has 2 aliphatic heterocycles. The maximum Gasteiger partial charge on any atom is 0.349 e. The van der Waals surface area contributed by atoms with Gasteiger partial charge in [-0.2, -0.15) is 0 Å². The first-order valence-electron chi connectivity index (χ1n) is 18.5. The van der Waals surface area contributed by atoms with Crippen LogP contribution in [0.4, 0.5) is 5.69 Å². The molecule has 2 aliphatic rings. The third kappa shape index (κ3) is 8.88. The van der Waals surface area contributed by atoms with E-state index in [4.69, 9.17) is 8.83 Å². The molecule has 4 heterocycles. The van der Waals surface area contributed by atoms with Gasteiger partial charge in [-0.05, 0) is 79.4 Å². The maximum absolute atomic E-state index is 14.0. The minimum atomic E-state index is -1.83. The first kappa shape index (κ1) is 41.9. The lowest BCUT2D eigenvalue weighted by Crippen LogP contribution is -2.65. The Hall–Kier alpha value is -6.77. The first-order valence-corrected chi connectivity index (χ1v) is 19.2. The van der Waals surface area contributed by atoms with E-state index in [1.807, 2.05) is 29.6 Å². The number of hydrogen-bond donors (Lipinski definition) is 6. The van der Waals surface area contributed by atoms with Crippen LogP contribution in [0.25, 0.3) is 21.9 Å². The third-order valence-corrected chi connectivity index (χ3v) is 10.6. The molecule has 2 aromatic carbocycles. The summed E-state index contributed by atoms with van der Waals surface area (Å²) < 4.78 is 10.8. The van der Waals surface area contributed by atoms with Crippen molar-refractivity contribution in [2.45, 2.75) is 64.1 Å². The van der Waals surface area contributed by atoms with Crippen LogP contribution in [0.15, 0.2) is 65.4 Å². The van der Waals surface area contributed by atoms with E-state index in [2.05, 4.69) is 26.6 Å². The number of aliphatic carboxylic acids is 1. The Labute approximate surface area is 341 Å². The predicted molar refractivity (Wildman–Crippen MR) is 210 cm³/mol. The number of hydrazine groups is 2. The summed E-state index contributed by atoms with van der Waals surface area (Å²) in [6, 6.07) is 5.43. The van der Waals surface area contributed by atoms with Crippen LogP contribution in [0.3, 0.4) is 0 Å². The summed E-state index contributed by atoms with van der Waals surface area (Å²) in [6.07, 6.45) is -1.24. The van der Waals surface area contributed by atoms with E-state index in [-0.39, 0.29) is 59.0 Å². The number of carboxylic acid groups (broad SMARTS) is 1. The van der Waals surface area contributed by atoms with Crippen molar-refractivity contribution in [1.29, 1.82) is 0 Å². The summed E-state index contributed by atoms with van der Waals surface area (Å²) in [5, 5.41) is 26.8. The van der Waals surface area contributed by atoms with Crippen LogP contribution < -0.4 is 37.6 Å². The Balaban J connectivity index is 1.16. The topological polar surface area (TPSA) is 278 Å². The van der Waals surface area contributed by atoms with Gasteiger partial charge >= 0.3 is 17.2 Å². The lowest BCUT2D eigenvalue weighted by atomic mass is 10.0. The molecule has 0 bridgehead atoms. The van der Waals surface area contributed by atoms with Crippen LogP contribution in [-0.2, 0) is 24.0 Å². The highest BCUT2D eigenvalue weighted by Gasteiger charge is 2.45. The summed E-state index contributed by atoms with van der Waals surface area (Å²) in [6.45, 7) is 5.36. The van der Waals surface area contributed by atoms with Crippen LogP contribution in [0, 0.1) is 0 Å². The summed E-state index contributed by atoms with van der Waals surface area (Å²) in [7, 11) is 0. The normalized spacial score (nSPS) is 17.1. The number of amides is 6. The maximum atomic E-state index is 14.0. The fourth-order valence-electron chi connectivity index (χ4n) is 6.90. The zero-order valence-corrected chi connectivity index (χ0v) is 33.1. The molecule has 59 heavy (non-hydrogen) atoms. The first-order chi connectivity index (χ1) is 28.1. The van der Waals surface area contributed by atoms with Gasteiger partial charge in [-0.15, -0.1) is 0 Å². The summed E-state index contributed by atoms with van der Waals surface area (Å²) in [5.41, 5.74) is 2.00. The van der Waals surface area contributed by atoms with Crippen LogP contribution in [0.1, 0.15) is 66.7 Å². The Morgan fingerprint density at radius 3 is 2.22 bits per heavy atom. The SMILES string of the molecule is CCN(CC)c1ccc2cc(C(=O)NNC(=O)[C@H](CC(=O)O)NC(=O)[C@@H]3CCCN4C(=O)CC[C@H](NC(=O)c5cc6cc(Br)c(O)cc6oc5=O)C(=O)N34)c(=O)oc2c1. The number of aromatic hydroxyl groups is 1. The Kier molecular flexibility index (Phi) is 12.3. The Bertz CT molecular complexity index is 2520. The molecule has 6 amide bonds. The standard InChI is InChI=1S/C38H38BrN7O13/c1-3-44(4-2)20-8-7-18-12-22(38(57)58-28(18)15-20)33(52)42-43-34(53)25(16-31(49)50)41-35(54)26-6-5-11-45-30(48)10-9-24(36(55)46(26)45)40-32(51)21-13-19-14-23(39)27(47)17-29(19)59-37(21)56/h7-8,12-15,17,24-26,47H,3-6,9-11,16H2,1-2H3,(H,40,51)(H,41,54)(H,42,52)(H,43,53)(H,49,50)/t24-,25-,26-/m0/s1. The smallest absolute Gasteiger partial charge is 0.349 e. The van der Waals surface area contributed by atoms with Crippen molar-refractivity contribution in [3.63, 3.8) is 0 Å². The van der Waals surface area contributed by atoms with Crippen molar-refractivity contribution in [1.82, 2.24) is 31.5 Å². The lowest BCUT2D eigenvalue weighted by Gasteiger charge is -2.43. The number of carbonyl (C=O) groups is 7. The van der Waals surface area contributed by atoms with Gasteiger partial charge < -0.3 is 34.6 Å². The van der Waals surface area contributed by atoms with Crippen LogP contribution >= 0.6 is 15.9 Å². The number of halogens is 1. The summed E-state index contributed by atoms with van der Waals surface area (Å²) in [4.78, 5) is 120. The molecular formula is C38H38BrN7O13. The molecule has 2 aromatic heterocycles. The van der Waals surface area contributed by atoms with E-state index < -0.39 is 88.3 Å². The highest BCUT2D eigenvalue weighted by Crippen LogP contribution is 2.30. The highest BCUT2D eigenvalue weighted by molar-refractivity contribution is 9.10. The Morgan fingerprint density at radius 2 is 1.54 bits per heavy atom. The molecule has 0 unspecified atom stereocenters. The average Bonchev–Trinajstić information content (AvgIpc) is 3.31. The molecule has 4 aromatic rings. The number of fused-ring (bicyclic) bond motifs is 3. The van der Waals surface area contributed by atoms with E-state index in [0.29, 0.717) is 18.5 Å². The second-order valence-electron chi connectivity index (χ2n) is 13.7. The van der Waals surface area contributed by atoms with Crippen LogP contribution in [0.5, 0.6) is 5.75 Å². The molecule has 0 spiro atoms. The molecule has 2 saturated heterocycles. The molecule has 3 atom stereocenters. The number of nitrogens with one attached hydrogen (secondary N) is 4. The van der Waals surface area contributed by atoms with Gasteiger partial charge in [0.1, 0.15) is 46.2 Å². The molecule has 0 saturated carbocycles. The Morgan fingerprint density at radius 1 is 0.881 bits per heavy atom. The number of phenols is 1. The molecule has 2 fully saturated rings. The number of carbonyl (C=O) groups excluding carboxylic acids is 6. The minimum Gasteiger partial charge on any atom is -0.507 e. The third-order valence-electron chi connectivity index (χ3n) is 9.92. The molecule has 6 rings (SSSR count). The van der Waals surface area contributed by atoms with Gasteiger partial charge in [-0.25, -0.2) is 14.6 Å². The second-order valence-corrected chi connectivity index (χ2v) is 14.5. The van der Waals surface area contributed by atoms with Crippen molar-refractivity contribution in [2.24, 2.45) is 0 Å². The lowest BCUT2D eigenvalue weighted by molar-refractivity contribution is -0.176. The van der Waals surface area contributed by atoms with Gasteiger partial charge in [-0.3, -0.25) is 49.4 Å². The average molecular weight is 881 g/mol. The van der Waals surface area contributed by atoms with Crippen LogP contribution in [-0.4, -0.2) is 99.4 Å². The predicted octanol–water partition coefficient (Wildman–Crippen LogP) is 1.26. The number of carboxylic acids is 1. The second kappa shape index (κ2) is 17.4. The number of nitrogens with zero attached hydrogens (tertiary/aromatic N) is 3. The molecule has 6 N–H and O–H groups in total. The minimum absolute atomic E-state index is 0.0134. The number of phenolic OH excluding ortho intramolecular Hbond substituents is 1. The monoisotopic (exact) mass is 879 g/mol. The van der Waals surface area contributed by atoms with Crippen LogP contribution in [0.2, 0.25) is 0 Å². The molecule has 0 radical (unpaired) electrons. The quantitative estimate of drug-likeness (QED) is 0.0915. The van der Waals surface area contributed by atoms with Gasteiger partial charge in [0.15, 0.2) is 0 Å². The molecule has 20 nitrogen and oxygen atoms in total. The molecule has 21 heteroatoms. The zero-order chi connectivity index (χ0) is 42.7. The van der Waals surface area contributed by atoms with Gasteiger partial charge in [0.25, 0.3) is 23.6 Å². The summed E-state index contributed by atoms with van der Waals surface area (Å²) in [5.74, 6) is -7.54. The van der Waals surface area contributed by atoms with Crippen molar-refractivity contribution in [2.75, 3.05) is 24.5 Å². The fourth-order valence-corrected chi connectivity index (χ4v) is 7.26. The van der Waals surface area contributed by atoms with E-state index in [9.17, 15) is 53.4 Å². The number of hydrogen-bond acceptors (Lipinski definition) is 13. The van der Waals surface area contributed by atoms with Gasteiger partial charge in [0.05, 0.1) is 10.9 Å². The van der Waals surface area contributed by atoms with E-state index in [1.54, 1.807) is 18.2 Å². The molecular weight excluding hydrogens is 842 g/mol. The fraction of sp³-hybridized carbons (Fsp3) is 0.342. The van der Waals surface area contributed by atoms with E-state index >= 15 is 0 Å². The van der Waals surface area contributed by atoms with Gasteiger partial charge in [0.2, 0.25) is 11.8 Å². The van der Waals surface area contributed by atoms with Crippen molar-refractivity contribution in [3.8, 4) is 5.75 Å². The summed E-state index contributed by atoms with van der Waals surface area (Å²) >= 11 is 3.15. The van der Waals surface area contributed by atoms with Crippen molar-refractivity contribution >= 4 is 85.0 Å². The van der Waals surface area contributed by atoms with Crippen molar-refractivity contribution < 1.29 is 52.6 Å². The highest BCUT2D eigenvalue weighted by atomic mass is 79.9. The largest absolute Gasteiger partial charge is 0.507 e. The molecule has 310 valence electrons. The van der Waals surface area contributed by atoms with Crippen molar-refractivity contribution in [3.05, 3.63) is 78.9 Å².